The summed E-state index contributed by atoms with van der Waals surface area (Å²) >= 11 is 0. The van der Waals surface area contributed by atoms with Crippen LogP contribution in [0, 0.1) is 0 Å². The number of amides is 1. The van der Waals surface area contributed by atoms with Crippen molar-refractivity contribution in [1.82, 2.24) is 9.80 Å². The van der Waals surface area contributed by atoms with Gasteiger partial charge in [-0.2, -0.15) is 0 Å². The molecule has 26 heavy (non-hydrogen) atoms. The average molecular weight is 382 g/mol. The average Bonchev–Trinajstić information content (AvgIpc) is 2.89. The van der Waals surface area contributed by atoms with Crippen molar-refractivity contribution < 1.29 is 28.2 Å². The van der Waals surface area contributed by atoms with Gasteiger partial charge in [0.25, 0.3) is 0 Å². The molecule has 2 N–H and O–H groups in total. The monoisotopic (exact) mass is 382 g/mol. The number of carboxylic acid groups (broad SMARTS) is 1. The molecular formula is C17H22N2O6S. The third-order valence-electron chi connectivity index (χ3n) is 5.02. The number of rotatable bonds is 5. The number of carbonyl (C=O) groups is 2. The van der Waals surface area contributed by atoms with E-state index in [2.05, 4.69) is 0 Å². The van der Waals surface area contributed by atoms with E-state index in [0.717, 1.165) is 5.56 Å². The van der Waals surface area contributed by atoms with Gasteiger partial charge in [0, 0.05) is 25.7 Å². The van der Waals surface area contributed by atoms with Gasteiger partial charge < -0.3 is 15.1 Å². The summed E-state index contributed by atoms with van der Waals surface area (Å²) in [5.41, 5.74) is 0.749. The molecule has 1 aromatic rings. The third kappa shape index (κ3) is 4.16. The SMILES string of the molecule is O=C(O)CCN1CCN(C(=O)Cc2ccc(O)cc2)[C@H]2CS(=O)(=O)C[C@H]21. The predicted octanol–water partition coefficient (Wildman–Crippen LogP) is -0.281. The molecule has 0 aliphatic carbocycles. The second kappa shape index (κ2) is 7.24. The van der Waals surface area contributed by atoms with Crippen LogP contribution < -0.4 is 0 Å². The maximum absolute atomic E-state index is 12.7. The molecule has 8 nitrogen and oxygen atoms in total. The van der Waals surface area contributed by atoms with Gasteiger partial charge in [0.05, 0.1) is 30.4 Å². The highest BCUT2D eigenvalue weighted by atomic mass is 32.2. The maximum atomic E-state index is 12.7. The van der Waals surface area contributed by atoms with Crippen molar-refractivity contribution in [2.24, 2.45) is 0 Å². The van der Waals surface area contributed by atoms with Gasteiger partial charge in [-0.15, -0.1) is 0 Å². The van der Waals surface area contributed by atoms with Crippen LogP contribution in [0.5, 0.6) is 5.75 Å². The Balaban J connectivity index is 1.73. The molecule has 0 radical (unpaired) electrons. The first kappa shape index (κ1) is 18.7. The summed E-state index contributed by atoms with van der Waals surface area (Å²) in [4.78, 5) is 27.1. The molecule has 0 bridgehead atoms. The van der Waals surface area contributed by atoms with Crippen molar-refractivity contribution in [1.29, 1.82) is 0 Å². The number of benzene rings is 1. The lowest BCUT2D eigenvalue weighted by Crippen LogP contribution is -2.61. The number of carbonyl (C=O) groups excluding carboxylic acids is 1. The molecule has 2 saturated heterocycles. The summed E-state index contributed by atoms with van der Waals surface area (Å²) in [6.07, 6.45) is 0.0867. The van der Waals surface area contributed by atoms with Crippen LogP contribution in [0.3, 0.4) is 0 Å². The van der Waals surface area contributed by atoms with Gasteiger partial charge in [-0.1, -0.05) is 12.1 Å². The summed E-state index contributed by atoms with van der Waals surface area (Å²) < 4.78 is 24.3. The fourth-order valence-corrected chi connectivity index (χ4v) is 5.75. The van der Waals surface area contributed by atoms with Gasteiger partial charge in [-0.25, -0.2) is 8.42 Å². The fourth-order valence-electron chi connectivity index (χ4n) is 3.74. The van der Waals surface area contributed by atoms with Gasteiger partial charge in [-0.3, -0.25) is 14.5 Å². The van der Waals surface area contributed by atoms with Crippen molar-refractivity contribution in [3.8, 4) is 5.75 Å². The smallest absolute Gasteiger partial charge is 0.304 e. The van der Waals surface area contributed by atoms with Crippen LogP contribution in [0.2, 0.25) is 0 Å². The van der Waals surface area contributed by atoms with Crippen molar-refractivity contribution in [2.75, 3.05) is 31.1 Å². The Kier molecular flexibility index (Phi) is 5.19. The molecule has 142 valence electrons. The molecule has 0 spiro atoms. The molecule has 1 aromatic carbocycles. The van der Waals surface area contributed by atoms with Crippen LogP contribution in [-0.4, -0.2) is 83.5 Å². The van der Waals surface area contributed by atoms with E-state index < -0.39 is 21.8 Å². The van der Waals surface area contributed by atoms with Gasteiger partial charge in [-0.05, 0) is 17.7 Å². The zero-order valence-electron chi connectivity index (χ0n) is 14.2. The number of aliphatic carboxylic acids is 1. The molecule has 2 aliphatic heterocycles. The van der Waals surface area contributed by atoms with E-state index in [9.17, 15) is 23.1 Å². The minimum Gasteiger partial charge on any atom is -0.508 e. The van der Waals surface area contributed by atoms with Crippen LogP contribution in [0.1, 0.15) is 12.0 Å². The first-order chi connectivity index (χ1) is 12.2. The van der Waals surface area contributed by atoms with E-state index in [1.54, 1.807) is 17.0 Å². The molecule has 1 amide bonds. The summed E-state index contributed by atoms with van der Waals surface area (Å²) in [5, 5.41) is 18.2. The minimum absolute atomic E-state index is 0.0414. The Bertz CT molecular complexity index is 792. The number of sulfone groups is 1. The summed E-state index contributed by atoms with van der Waals surface area (Å²) in [5.74, 6) is -1.08. The number of aromatic hydroxyl groups is 1. The van der Waals surface area contributed by atoms with Gasteiger partial charge >= 0.3 is 5.97 Å². The quantitative estimate of drug-likeness (QED) is 0.720. The third-order valence-corrected chi connectivity index (χ3v) is 6.71. The Hall–Kier alpha value is -2.13. The zero-order valence-corrected chi connectivity index (χ0v) is 15.1. The van der Waals surface area contributed by atoms with E-state index in [4.69, 9.17) is 5.11 Å². The lowest BCUT2D eigenvalue weighted by molar-refractivity contribution is -0.140. The number of piperazine rings is 1. The van der Waals surface area contributed by atoms with E-state index >= 15 is 0 Å². The first-order valence-electron chi connectivity index (χ1n) is 8.49. The molecule has 0 unspecified atom stereocenters. The number of nitrogens with zero attached hydrogens (tertiary/aromatic N) is 2. The van der Waals surface area contributed by atoms with Gasteiger partial charge in [0.15, 0.2) is 9.84 Å². The highest BCUT2D eigenvalue weighted by molar-refractivity contribution is 7.91. The largest absolute Gasteiger partial charge is 0.508 e. The van der Waals surface area contributed by atoms with Crippen LogP contribution in [0.25, 0.3) is 0 Å². The fraction of sp³-hybridized carbons (Fsp3) is 0.529. The van der Waals surface area contributed by atoms with Crippen molar-refractivity contribution >= 4 is 21.7 Å². The maximum Gasteiger partial charge on any atom is 0.304 e. The first-order valence-corrected chi connectivity index (χ1v) is 10.3. The second-order valence-corrected chi connectivity index (χ2v) is 8.98. The Morgan fingerprint density at radius 3 is 2.38 bits per heavy atom. The number of hydrogen-bond donors (Lipinski definition) is 2. The molecular weight excluding hydrogens is 360 g/mol. The van der Waals surface area contributed by atoms with Gasteiger partial charge in [0.1, 0.15) is 5.75 Å². The molecule has 2 fully saturated rings. The van der Waals surface area contributed by atoms with E-state index in [0.29, 0.717) is 13.1 Å². The number of fused-ring (bicyclic) bond motifs is 1. The zero-order chi connectivity index (χ0) is 18.9. The van der Waals surface area contributed by atoms with Crippen LogP contribution in [0.15, 0.2) is 24.3 Å². The highest BCUT2D eigenvalue weighted by Crippen LogP contribution is 2.27. The molecule has 0 aromatic heterocycles. The lowest BCUT2D eigenvalue weighted by atomic mass is 10.0. The molecule has 0 saturated carbocycles. The van der Waals surface area contributed by atoms with Crippen molar-refractivity contribution in [2.45, 2.75) is 24.9 Å². The Morgan fingerprint density at radius 2 is 1.73 bits per heavy atom. The van der Waals surface area contributed by atoms with Crippen LogP contribution >= 0.6 is 0 Å². The number of phenols is 1. The summed E-state index contributed by atoms with van der Waals surface area (Å²) in [7, 11) is -3.26. The lowest BCUT2D eigenvalue weighted by Gasteiger charge is -2.43. The topological polar surface area (TPSA) is 115 Å². The van der Waals surface area contributed by atoms with Crippen LogP contribution in [0.4, 0.5) is 0 Å². The second-order valence-electron chi connectivity index (χ2n) is 6.82. The minimum atomic E-state index is -3.26. The van der Waals surface area contributed by atoms with Gasteiger partial charge in [0.2, 0.25) is 5.91 Å². The van der Waals surface area contributed by atoms with E-state index in [1.807, 2.05) is 4.90 Å². The van der Waals surface area contributed by atoms with Crippen molar-refractivity contribution in [3.05, 3.63) is 29.8 Å². The number of carboxylic acids is 1. The number of phenolic OH excluding ortho intramolecular Hbond substituents is 1. The molecule has 2 atom stereocenters. The molecule has 2 aliphatic rings. The molecule has 3 rings (SSSR count). The molecule has 2 heterocycles. The summed E-state index contributed by atoms with van der Waals surface area (Å²) in [6.45, 7) is 1.13. The normalized spacial score (nSPS) is 25.0. The number of hydrogen-bond acceptors (Lipinski definition) is 6. The Labute approximate surface area is 151 Å². The Morgan fingerprint density at radius 1 is 1.08 bits per heavy atom. The molecule has 9 heteroatoms. The van der Waals surface area contributed by atoms with Crippen molar-refractivity contribution in [3.63, 3.8) is 0 Å². The van der Waals surface area contributed by atoms with Crippen LogP contribution in [-0.2, 0) is 25.8 Å². The standard InChI is InChI=1S/C17H22N2O6S/c20-13-3-1-12(2-4-13)9-16(21)19-8-7-18(6-5-17(22)23)14-10-26(24,25)11-15(14)19/h1-4,14-15,20H,5-11H2,(H,22,23)/t14-,15+/m1/s1. The summed E-state index contributed by atoms with van der Waals surface area (Å²) in [6, 6.07) is 5.56. The van der Waals surface area contributed by atoms with E-state index in [-0.39, 0.29) is 48.6 Å². The van der Waals surface area contributed by atoms with E-state index in [1.165, 1.54) is 12.1 Å². The highest BCUT2D eigenvalue weighted by Gasteiger charge is 2.47. The predicted molar refractivity (Wildman–Crippen MR) is 93.6 cm³/mol.